The molecule has 1 aliphatic heterocycles. The van der Waals surface area contributed by atoms with Gasteiger partial charge in [-0.1, -0.05) is 48.2 Å². The van der Waals surface area contributed by atoms with Gasteiger partial charge in [-0.2, -0.15) is 0 Å². The molecule has 2 aromatic carbocycles. The summed E-state index contributed by atoms with van der Waals surface area (Å²) in [5.41, 5.74) is 1.85. The van der Waals surface area contributed by atoms with Gasteiger partial charge < -0.3 is 10.2 Å². The average molecular weight is 475 g/mol. The molecule has 182 valence electrons. The van der Waals surface area contributed by atoms with Gasteiger partial charge >= 0.3 is 0 Å². The summed E-state index contributed by atoms with van der Waals surface area (Å²) >= 11 is 0. The number of benzene rings is 2. The van der Waals surface area contributed by atoms with Crippen LogP contribution in [0, 0.1) is 17.8 Å². The van der Waals surface area contributed by atoms with Crippen LogP contribution in [-0.4, -0.2) is 65.5 Å². The molecule has 8 nitrogen and oxygen atoms in total. The largest absolute Gasteiger partial charge is 0.357 e. The first kappa shape index (κ1) is 25.7. The Morgan fingerprint density at radius 2 is 1.77 bits per heavy atom. The maximum Gasteiger partial charge on any atom is 0.278 e. The van der Waals surface area contributed by atoms with E-state index in [1.807, 2.05) is 12.1 Å². The van der Waals surface area contributed by atoms with Crippen LogP contribution >= 0.6 is 0 Å². The van der Waals surface area contributed by atoms with Crippen LogP contribution in [0.25, 0.3) is 0 Å². The molecule has 1 aliphatic rings. The quantitative estimate of drug-likeness (QED) is 0.246. The van der Waals surface area contributed by atoms with E-state index in [1.165, 1.54) is 32.1 Å². The summed E-state index contributed by atoms with van der Waals surface area (Å²) in [6, 6.07) is 17.0. The van der Waals surface area contributed by atoms with Crippen molar-refractivity contribution in [2.24, 2.45) is 5.92 Å². The van der Waals surface area contributed by atoms with Crippen molar-refractivity contribution < 1.29 is 19.6 Å². The zero-order valence-corrected chi connectivity index (χ0v) is 20.1. The van der Waals surface area contributed by atoms with E-state index < -0.39 is 23.3 Å². The van der Waals surface area contributed by atoms with Crippen molar-refractivity contribution in [2.45, 2.75) is 19.0 Å². The first-order valence-electron chi connectivity index (χ1n) is 11.3. The van der Waals surface area contributed by atoms with E-state index in [2.05, 4.69) is 52.4 Å². The van der Waals surface area contributed by atoms with Crippen LogP contribution in [0.5, 0.6) is 0 Å². The lowest BCUT2D eigenvalue weighted by Gasteiger charge is -2.37. The number of carbonyl (C=O) groups is 3. The summed E-state index contributed by atoms with van der Waals surface area (Å²) in [4.78, 5) is 40.7. The predicted molar refractivity (Wildman–Crippen MR) is 132 cm³/mol. The van der Waals surface area contributed by atoms with E-state index >= 15 is 0 Å². The summed E-state index contributed by atoms with van der Waals surface area (Å²) in [6.07, 6.45) is 3.98. The zero-order valence-electron chi connectivity index (χ0n) is 20.1. The Morgan fingerprint density at radius 1 is 1.11 bits per heavy atom. The maximum absolute atomic E-state index is 12.9. The lowest BCUT2D eigenvalue weighted by molar-refractivity contribution is -0.148. The van der Waals surface area contributed by atoms with Crippen molar-refractivity contribution in [3.05, 3.63) is 83.4 Å². The number of hydrogen-bond donors (Lipinski definition) is 3. The molecule has 8 heteroatoms. The second kappa shape index (κ2) is 11.5. The fourth-order valence-corrected chi connectivity index (χ4v) is 3.86. The molecular formula is C27H30N4O4. The number of likely N-dealkylation sites (N-methyl/N-ethyl adjacent to an activating group) is 2. The lowest BCUT2D eigenvalue weighted by atomic mass is 9.96. The number of hydrogen-bond acceptors (Lipinski definition) is 5. The van der Waals surface area contributed by atoms with Gasteiger partial charge in [0.05, 0.1) is 0 Å². The van der Waals surface area contributed by atoms with Gasteiger partial charge in [-0.3, -0.25) is 24.5 Å². The highest BCUT2D eigenvalue weighted by molar-refractivity contribution is 6.12. The summed E-state index contributed by atoms with van der Waals surface area (Å²) < 4.78 is 0. The Kier molecular flexibility index (Phi) is 8.42. The van der Waals surface area contributed by atoms with Crippen LogP contribution in [0.2, 0.25) is 0 Å². The van der Waals surface area contributed by atoms with Crippen LogP contribution < -0.4 is 10.8 Å². The number of nitrogens with one attached hydrogen (secondary N) is 2. The van der Waals surface area contributed by atoms with E-state index in [1.54, 1.807) is 24.3 Å². The molecule has 0 radical (unpaired) electrons. The van der Waals surface area contributed by atoms with E-state index in [0.29, 0.717) is 5.92 Å². The number of nitrogens with zero attached hydrogens (tertiary/aromatic N) is 2. The van der Waals surface area contributed by atoms with Crippen LogP contribution in [0.4, 0.5) is 0 Å². The Hall–Kier alpha value is -3.93. The van der Waals surface area contributed by atoms with E-state index in [4.69, 9.17) is 5.21 Å². The average Bonchev–Trinajstić information content (AvgIpc) is 2.87. The number of allylic oxidation sites excluding steroid dienone is 1. The normalized spacial score (nSPS) is 15.3. The molecule has 2 aromatic rings. The van der Waals surface area contributed by atoms with E-state index in [9.17, 15) is 14.4 Å². The molecule has 1 heterocycles. The summed E-state index contributed by atoms with van der Waals surface area (Å²) in [5, 5.41) is 11.4. The summed E-state index contributed by atoms with van der Waals surface area (Å²) in [7, 11) is 2.67. The number of carbonyl (C=O) groups excluding carboxylic acids is 3. The minimum absolute atomic E-state index is 0.280. The van der Waals surface area contributed by atoms with Gasteiger partial charge in [-0.05, 0) is 42.8 Å². The molecule has 0 unspecified atom stereocenters. The van der Waals surface area contributed by atoms with Gasteiger partial charge in [0.15, 0.2) is 5.54 Å². The second-order valence-corrected chi connectivity index (χ2v) is 8.60. The molecule has 1 fully saturated rings. The molecule has 1 saturated heterocycles. The predicted octanol–water partition coefficient (Wildman–Crippen LogP) is 1.81. The molecule has 0 bridgehead atoms. The molecule has 3 amide bonds. The van der Waals surface area contributed by atoms with Crippen LogP contribution in [-0.2, 0) is 16.1 Å². The highest BCUT2D eigenvalue weighted by Crippen LogP contribution is 2.20. The maximum atomic E-state index is 12.9. The van der Waals surface area contributed by atoms with Crippen molar-refractivity contribution in [3.63, 3.8) is 0 Å². The van der Waals surface area contributed by atoms with Crippen molar-refractivity contribution in [3.8, 4) is 11.8 Å². The Bertz CT molecular complexity index is 1130. The first-order chi connectivity index (χ1) is 16.8. The third-order valence-corrected chi connectivity index (χ3v) is 6.22. The molecule has 0 spiro atoms. The zero-order chi connectivity index (χ0) is 25.4. The Morgan fingerprint density at radius 3 is 2.37 bits per heavy atom. The lowest BCUT2D eigenvalue weighted by Crippen LogP contribution is -2.64. The van der Waals surface area contributed by atoms with Gasteiger partial charge in [0.2, 0.25) is 0 Å². The minimum atomic E-state index is -1.93. The molecule has 0 aliphatic carbocycles. The van der Waals surface area contributed by atoms with Gasteiger partial charge in [-0.15, -0.1) is 0 Å². The van der Waals surface area contributed by atoms with Gasteiger partial charge in [0.1, 0.15) is 0 Å². The minimum Gasteiger partial charge on any atom is -0.357 e. The van der Waals surface area contributed by atoms with Crippen LogP contribution in [0.3, 0.4) is 0 Å². The molecule has 3 rings (SSSR count). The molecule has 35 heavy (non-hydrogen) atoms. The number of rotatable bonds is 7. The fourth-order valence-electron chi connectivity index (χ4n) is 3.86. The molecule has 3 N–H and O–H groups in total. The van der Waals surface area contributed by atoms with Crippen molar-refractivity contribution in [1.29, 1.82) is 0 Å². The van der Waals surface area contributed by atoms with E-state index in [0.717, 1.165) is 30.1 Å². The molecule has 1 atom stereocenters. The van der Waals surface area contributed by atoms with Crippen molar-refractivity contribution in [2.75, 3.05) is 27.2 Å². The Labute approximate surface area is 205 Å². The summed E-state index contributed by atoms with van der Waals surface area (Å²) in [5.74, 6) is 4.26. The van der Waals surface area contributed by atoms with Gasteiger partial charge in [-0.25, -0.2) is 5.48 Å². The molecular weight excluding hydrogens is 444 g/mol. The molecule has 0 saturated carbocycles. The third kappa shape index (κ3) is 5.96. The first-order valence-corrected chi connectivity index (χ1v) is 11.3. The Balaban J connectivity index is 1.55. The highest BCUT2D eigenvalue weighted by Gasteiger charge is 2.47. The van der Waals surface area contributed by atoms with E-state index in [-0.39, 0.29) is 5.56 Å². The van der Waals surface area contributed by atoms with Gasteiger partial charge in [0.25, 0.3) is 17.7 Å². The smallest absolute Gasteiger partial charge is 0.278 e. The third-order valence-electron chi connectivity index (χ3n) is 6.22. The number of likely N-dealkylation sites (tertiary alicyclic amines) is 1. The second-order valence-electron chi connectivity index (χ2n) is 8.60. The van der Waals surface area contributed by atoms with Crippen molar-refractivity contribution >= 4 is 17.7 Å². The number of amides is 3. The van der Waals surface area contributed by atoms with Crippen LogP contribution in [0.15, 0.2) is 66.7 Å². The standard InChI is InChI=1S/C27H30N4O4/c1-27(25(33)28-2,26(34)29-35)30(3)24(32)23-15-13-20(14-16-23)9-7-8-12-22-18-31(19-22)17-21-10-5-4-6-11-21/h4-6,8,10-16,22,35H,17-19H2,1-3H3,(H,28,33)(H,29,34)/t27-/m0/s1. The highest BCUT2D eigenvalue weighted by atomic mass is 16.5. The summed E-state index contributed by atoms with van der Waals surface area (Å²) in [6.45, 7) is 4.25. The fraction of sp³-hybridized carbons (Fsp3) is 0.296. The van der Waals surface area contributed by atoms with Crippen molar-refractivity contribution in [1.82, 2.24) is 20.6 Å². The topological polar surface area (TPSA) is 102 Å². The van der Waals surface area contributed by atoms with Crippen LogP contribution in [0.1, 0.15) is 28.4 Å². The monoisotopic (exact) mass is 474 g/mol. The number of hydroxylamine groups is 1. The van der Waals surface area contributed by atoms with Gasteiger partial charge in [0, 0.05) is 50.8 Å². The SMILES string of the molecule is CNC(=O)[C@@](C)(C(=O)NO)N(C)C(=O)c1ccc(C#CC=CC2CN(Cc3ccccc3)C2)cc1. The molecule has 0 aromatic heterocycles.